The summed E-state index contributed by atoms with van der Waals surface area (Å²) in [5, 5.41) is 42.3. The van der Waals surface area contributed by atoms with Crippen molar-refractivity contribution in [3.63, 3.8) is 0 Å². The van der Waals surface area contributed by atoms with Crippen molar-refractivity contribution in [2.24, 2.45) is 0 Å². The Morgan fingerprint density at radius 1 is 1.26 bits per heavy atom. The van der Waals surface area contributed by atoms with Crippen molar-refractivity contribution < 1.29 is 34.8 Å². The number of fused-ring (bicyclic) bond motifs is 1. The van der Waals surface area contributed by atoms with Crippen molar-refractivity contribution >= 4 is 22.8 Å². The molecular formula is C19H23NO7. The molecule has 0 spiro atoms. The fourth-order valence-electron chi connectivity index (χ4n) is 3.71. The molecule has 0 amide bonds. The highest BCUT2D eigenvalue weighted by Crippen LogP contribution is 2.32. The van der Waals surface area contributed by atoms with E-state index in [2.05, 4.69) is 5.32 Å². The molecule has 27 heavy (non-hydrogen) atoms. The van der Waals surface area contributed by atoms with E-state index >= 15 is 0 Å². The highest BCUT2D eigenvalue weighted by molar-refractivity contribution is 6.26. The van der Waals surface area contributed by atoms with Gasteiger partial charge in [0.05, 0.1) is 12.2 Å². The molecule has 3 unspecified atom stereocenters. The third-order valence-electron chi connectivity index (χ3n) is 5.10. The first-order valence-corrected chi connectivity index (χ1v) is 8.70. The third kappa shape index (κ3) is 3.54. The fourth-order valence-corrected chi connectivity index (χ4v) is 3.71. The first-order chi connectivity index (χ1) is 12.7. The van der Waals surface area contributed by atoms with Gasteiger partial charge in [-0.25, -0.2) is 0 Å². The molecule has 1 aliphatic heterocycles. The number of ketones is 2. The summed E-state index contributed by atoms with van der Waals surface area (Å²) in [4.78, 5) is 24.0. The zero-order valence-electron chi connectivity index (χ0n) is 15.0. The Hall–Kier alpha value is -2.10. The standard InChI is InChI=1S/C19H23NO7/c1-8-12-4-3-11(5-10(12)6-13(23)15(8)9(2)22)20-16-18(25)17(24)14(7-21)27-19(16)26/h3-5,14,16-21,24-26H,6-7H2,1-2H3/t14?,16?,17-,18-,19?/m1/s1. The number of allylic oxidation sites excluding steroid dienone is 2. The Morgan fingerprint density at radius 2 is 1.96 bits per heavy atom. The number of hydrogen-bond acceptors (Lipinski definition) is 8. The van der Waals surface area contributed by atoms with Gasteiger partial charge >= 0.3 is 0 Å². The van der Waals surface area contributed by atoms with Crippen LogP contribution in [0.15, 0.2) is 23.8 Å². The molecule has 1 aromatic rings. The zero-order valence-corrected chi connectivity index (χ0v) is 15.0. The van der Waals surface area contributed by atoms with Gasteiger partial charge in [0.1, 0.15) is 24.4 Å². The number of anilines is 1. The van der Waals surface area contributed by atoms with Crippen LogP contribution >= 0.6 is 0 Å². The number of aliphatic hydroxyl groups excluding tert-OH is 4. The lowest BCUT2D eigenvalue weighted by molar-refractivity contribution is -0.245. The van der Waals surface area contributed by atoms with Crippen LogP contribution in [0.4, 0.5) is 5.69 Å². The normalized spacial score (nSPS) is 30.9. The largest absolute Gasteiger partial charge is 0.394 e. The Labute approximate surface area is 156 Å². The van der Waals surface area contributed by atoms with Crippen molar-refractivity contribution in [1.82, 2.24) is 0 Å². The predicted molar refractivity (Wildman–Crippen MR) is 95.8 cm³/mol. The lowest BCUT2D eigenvalue weighted by atomic mass is 9.84. The molecule has 1 aliphatic carbocycles. The Balaban J connectivity index is 1.86. The van der Waals surface area contributed by atoms with Crippen molar-refractivity contribution in [1.29, 1.82) is 0 Å². The van der Waals surface area contributed by atoms with Crippen LogP contribution in [-0.2, 0) is 20.7 Å². The molecule has 0 bridgehead atoms. The quantitative estimate of drug-likeness (QED) is 0.438. The van der Waals surface area contributed by atoms with Crippen LogP contribution < -0.4 is 5.32 Å². The van der Waals surface area contributed by atoms with E-state index in [0.717, 1.165) is 11.1 Å². The topological polar surface area (TPSA) is 136 Å². The number of carbonyl (C=O) groups excluding carboxylic acids is 2. The van der Waals surface area contributed by atoms with Gasteiger partial charge in [-0.2, -0.15) is 0 Å². The van der Waals surface area contributed by atoms with E-state index in [-0.39, 0.29) is 23.6 Å². The van der Waals surface area contributed by atoms with Crippen molar-refractivity contribution in [2.45, 2.75) is 50.9 Å². The number of Topliss-reactive ketones (excluding diaryl/α,β-unsaturated/α-hetero) is 2. The van der Waals surface area contributed by atoms with Crippen LogP contribution in [0.2, 0.25) is 0 Å². The Kier molecular flexibility index (Phi) is 5.45. The predicted octanol–water partition coefficient (Wildman–Crippen LogP) is -0.614. The molecule has 8 nitrogen and oxygen atoms in total. The lowest BCUT2D eigenvalue weighted by Crippen LogP contribution is -2.61. The molecule has 1 aromatic carbocycles. The van der Waals surface area contributed by atoms with Gasteiger partial charge in [0.15, 0.2) is 17.9 Å². The maximum Gasteiger partial charge on any atom is 0.178 e. The molecule has 0 saturated carbocycles. The van der Waals surface area contributed by atoms with Gasteiger partial charge in [0, 0.05) is 12.1 Å². The number of hydrogen-bond donors (Lipinski definition) is 5. The van der Waals surface area contributed by atoms with Gasteiger partial charge in [-0.05, 0) is 42.7 Å². The summed E-state index contributed by atoms with van der Waals surface area (Å²) in [7, 11) is 0. The summed E-state index contributed by atoms with van der Waals surface area (Å²) >= 11 is 0. The smallest absolute Gasteiger partial charge is 0.178 e. The minimum absolute atomic E-state index is 0.0819. The first kappa shape index (κ1) is 19.7. The average Bonchev–Trinajstić information content (AvgIpc) is 2.61. The van der Waals surface area contributed by atoms with Gasteiger partial charge in [-0.1, -0.05) is 6.07 Å². The van der Waals surface area contributed by atoms with E-state index in [1.54, 1.807) is 25.1 Å². The number of carbonyl (C=O) groups is 2. The molecule has 1 saturated heterocycles. The monoisotopic (exact) mass is 377 g/mol. The van der Waals surface area contributed by atoms with Crippen LogP contribution in [0.5, 0.6) is 0 Å². The molecule has 5 atom stereocenters. The fraction of sp³-hybridized carbons (Fsp3) is 0.474. The summed E-state index contributed by atoms with van der Waals surface area (Å²) in [6, 6.07) is 4.14. The molecular weight excluding hydrogens is 354 g/mol. The molecule has 0 radical (unpaired) electrons. The molecule has 3 rings (SSSR count). The summed E-state index contributed by atoms with van der Waals surface area (Å²) in [6.45, 7) is 2.56. The highest BCUT2D eigenvalue weighted by atomic mass is 16.6. The van der Waals surface area contributed by atoms with Gasteiger partial charge in [0.2, 0.25) is 0 Å². The Morgan fingerprint density at radius 3 is 2.59 bits per heavy atom. The van der Waals surface area contributed by atoms with Gasteiger partial charge in [0.25, 0.3) is 0 Å². The first-order valence-electron chi connectivity index (χ1n) is 8.70. The average molecular weight is 377 g/mol. The molecule has 2 aliphatic rings. The van der Waals surface area contributed by atoms with Crippen LogP contribution in [0, 0.1) is 0 Å². The van der Waals surface area contributed by atoms with Crippen LogP contribution in [-0.4, -0.2) is 69.2 Å². The van der Waals surface area contributed by atoms with Crippen LogP contribution in [0.1, 0.15) is 25.0 Å². The molecule has 0 aromatic heterocycles. The van der Waals surface area contributed by atoms with Crippen LogP contribution in [0.3, 0.4) is 0 Å². The Bertz CT molecular complexity index is 803. The van der Waals surface area contributed by atoms with E-state index in [1.165, 1.54) is 6.92 Å². The lowest BCUT2D eigenvalue weighted by Gasteiger charge is -2.40. The minimum atomic E-state index is -1.44. The summed E-state index contributed by atoms with van der Waals surface area (Å²) in [5.41, 5.74) is 2.88. The van der Waals surface area contributed by atoms with E-state index in [0.29, 0.717) is 11.3 Å². The second kappa shape index (κ2) is 7.49. The number of aliphatic hydroxyl groups is 4. The van der Waals surface area contributed by atoms with E-state index in [1.807, 2.05) is 0 Å². The number of rotatable bonds is 4. The van der Waals surface area contributed by atoms with Gasteiger partial charge < -0.3 is 30.5 Å². The molecule has 1 fully saturated rings. The maximum absolute atomic E-state index is 12.3. The number of nitrogens with one attached hydrogen (secondary N) is 1. The van der Waals surface area contributed by atoms with Crippen molar-refractivity contribution in [3.8, 4) is 0 Å². The second-order valence-electron chi connectivity index (χ2n) is 6.93. The number of ether oxygens (including phenoxy) is 1. The van der Waals surface area contributed by atoms with Gasteiger partial charge in [-0.3, -0.25) is 9.59 Å². The summed E-state index contributed by atoms with van der Waals surface area (Å²) in [6.07, 6.45) is -5.16. The van der Waals surface area contributed by atoms with E-state index in [4.69, 9.17) is 9.84 Å². The molecule has 146 valence electrons. The van der Waals surface area contributed by atoms with Crippen LogP contribution in [0.25, 0.3) is 5.57 Å². The van der Waals surface area contributed by atoms with E-state index in [9.17, 15) is 24.9 Å². The summed E-state index contributed by atoms with van der Waals surface area (Å²) in [5.74, 6) is -0.504. The molecule has 1 heterocycles. The zero-order chi connectivity index (χ0) is 19.9. The van der Waals surface area contributed by atoms with Gasteiger partial charge in [-0.15, -0.1) is 0 Å². The van der Waals surface area contributed by atoms with Crippen molar-refractivity contribution in [3.05, 3.63) is 34.9 Å². The number of benzene rings is 1. The second-order valence-corrected chi connectivity index (χ2v) is 6.93. The highest BCUT2D eigenvalue weighted by Gasteiger charge is 2.43. The minimum Gasteiger partial charge on any atom is -0.394 e. The van der Waals surface area contributed by atoms with Crippen molar-refractivity contribution in [2.75, 3.05) is 11.9 Å². The SMILES string of the molecule is CC(=O)C1=C(C)c2ccc(NC3C(O)OC(CO)[C@@H](O)[C@@H]3O)cc2CC1=O. The molecule has 5 N–H and O–H groups in total. The maximum atomic E-state index is 12.3. The summed E-state index contributed by atoms with van der Waals surface area (Å²) < 4.78 is 5.12. The third-order valence-corrected chi connectivity index (χ3v) is 5.10. The van der Waals surface area contributed by atoms with E-state index < -0.39 is 37.3 Å². The molecule has 8 heteroatoms.